The maximum Gasteiger partial charge on any atom is 0.276 e. The number of hydrogen-bond acceptors (Lipinski definition) is 4. The molecule has 0 N–H and O–H groups in total. The van der Waals surface area contributed by atoms with Gasteiger partial charge in [0.15, 0.2) is 11.5 Å². The van der Waals surface area contributed by atoms with Gasteiger partial charge in [-0.25, -0.2) is 4.52 Å². The molecule has 0 saturated heterocycles. The first-order valence-corrected chi connectivity index (χ1v) is 8.55. The third-order valence-electron chi connectivity index (χ3n) is 4.48. The summed E-state index contributed by atoms with van der Waals surface area (Å²) in [5.74, 6) is 1.27. The minimum absolute atomic E-state index is 0.0828. The summed E-state index contributed by atoms with van der Waals surface area (Å²) in [5, 5.41) is 4.53. The van der Waals surface area contributed by atoms with Gasteiger partial charge in [-0.2, -0.15) is 5.10 Å². The zero-order chi connectivity index (χ0) is 18.8. The summed E-state index contributed by atoms with van der Waals surface area (Å²) in [4.78, 5) is 12.9. The minimum atomic E-state index is -0.0828. The smallest absolute Gasteiger partial charge is 0.276 e. The SMILES string of the molecule is COc1ccc(-c2cc3c(=O)n(Cc4ccccc4)ccn3n2)cc1OC. The van der Waals surface area contributed by atoms with Crippen LogP contribution in [0.5, 0.6) is 11.5 Å². The Labute approximate surface area is 156 Å². The van der Waals surface area contributed by atoms with E-state index in [0.29, 0.717) is 29.3 Å². The van der Waals surface area contributed by atoms with E-state index in [2.05, 4.69) is 5.10 Å². The molecule has 4 rings (SSSR count). The van der Waals surface area contributed by atoms with Crippen molar-refractivity contribution in [3.05, 3.63) is 82.9 Å². The highest BCUT2D eigenvalue weighted by Gasteiger charge is 2.12. The Morgan fingerprint density at radius 3 is 2.44 bits per heavy atom. The van der Waals surface area contributed by atoms with Crippen LogP contribution in [-0.2, 0) is 6.54 Å². The molecule has 0 saturated carbocycles. The molecule has 2 heterocycles. The zero-order valence-electron chi connectivity index (χ0n) is 15.1. The highest BCUT2D eigenvalue weighted by atomic mass is 16.5. The Morgan fingerprint density at radius 1 is 0.926 bits per heavy atom. The molecule has 0 atom stereocenters. The van der Waals surface area contributed by atoms with E-state index in [4.69, 9.17) is 9.47 Å². The Balaban J connectivity index is 1.75. The first kappa shape index (κ1) is 16.9. The molecule has 136 valence electrons. The van der Waals surface area contributed by atoms with E-state index >= 15 is 0 Å². The van der Waals surface area contributed by atoms with Gasteiger partial charge in [-0.05, 0) is 29.8 Å². The lowest BCUT2D eigenvalue weighted by molar-refractivity contribution is 0.355. The van der Waals surface area contributed by atoms with Crippen LogP contribution in [0.25, 0.3) is 16.8 Å². The Hall–Kier alpha value is -3.54. The number of methoxy groups -OCH3 is 2. The molecule has 6 heteroatoms. The second kappa shape index (κ2) is 6.99. The maximum absolute atomic E-state index is 12.9. The van der Waals surface area contributed by atoms with E-state index < -0.39 is 0 Å². The molecule has 6 nitrogen and oxygen atoms in total. The molecule has 0 aliphatic heterocycles. The van der Waals surface area contributed by atoms with Crippen LogP contribution < -0.4 is 15.0 Å². The highest BCUT2D eigenvalue weighted by molar-refractivity contribution is 5.68. The molecule has 0 bridgehead atoms. The van der Waals surface area contributed by atoms with Gasteiger partial charge in [-0.1, -0.05) is 30.3 Å². The van der Waals surface area contributed by atoms with E-state index in [1.807, 2.05) is 48.5 Å². The lowest BCUT2D eigenvalue weighted by Crippen LogP contribution is -2.21. The van der Waals surface area contributed by atoms with Crippen LogP contribution in [0.4, 0.5) is 0 Å². The van der Waals surface area contributed by atoms with Crippen molar-refractivity contribution in [2.45, 2.75) is 6.54 Å². The fourth-order valence-corrected chi connectivity index (χ4v) is 3.07. The molecular weight excluding hydrogens is 342 g/mol. The topological polar surface area (TPSA) is 57.8 Å². The highest BCUT2D eigenvalue weighted by Crippen LogP contribution is 2.31. The number of fused-ring (bicyclic) bond motifs is 1. The number of rotatable bonds is 5. The van der Waals surface area contributed by atoms with Gasteiger partial charge >= 0.3 is 0 Å². The number of hydrogen-bond donors (Lipinski definition) is 0. The van der Waals surface area contributed by atoms with Gasteiger partial charge in [0.2, 0.25) is 0 Å². The summed E-state index contributed by atoms with van der Waals surface area (Å²) >= 11 is 0. The summed E-state index contributed by atoms with van der Waals surface area (Å²) in [6.45, 7) is 0.521. The minimum Gasteiger partial charge on any atom is -0.493 e. The summed E-state index contributed by atoms with van der Waals surface area (Å²) in [6, 6.07) is 17.3. The lowest BCUT2D eigenvalue weighted by Gasteiger charge is -2.08. The van der Waals surface area contributed by atoms with Crippen LogP contribution in [0, 0.1) is 0 Å². The van der Waals surface area contributed by atoms with Gasteiger partial charge in [-0.15, -0.1) is 0 Å². The van der Waals surface area contributed by atoms with Crippen molar-refractivity contribution >= 4 is 5.52 Å². The van der Waals surface area contributed by atoms with Crippen molar-refractivity contribution in [1.29, 1.82) is 0 Å². The predicted octanol–water partition coefficient (Wildman–Crippen LogP) is 3.23. The standard InChI is InChI=1S/C21H19N3O3/c1-26-19-9-8-16(12-20(19)27-2)17-13-18-21(25)23(10-11-24(18)22-17)14-15-6-4-3-5-7-15/h3-13H,14H2,1-2H3. The number of ether oxygens (including phenoxy) is 2. The van der Waals surface area contributed by atoms with E-state index in [0.717, 1.165) is 11.1 Å². The van der Waals surface area contributed by atoms with E-state index in [1.54, 1.807) is 41.8 Å². The Morgan fingerprint density at radius 2 is 1.70 bits per heavy atom. The quantitative estimate of drug-likeness (QED) is 0.548. The maximum atomic E-state index is 12.9. The molecular formula is C21H19N3O3. The summed E-state index contributed by atoms with van der Waals surface area (Å²) < 4.78 is 13.9. The average Bonchev–Trinajstić information content (AvgIpc) is 3.15. The van der Waals surface area contributed by atoms with Crippen molar-refractivity contribution in [3.8, 4) is 22.8 Å². The molecule has 4 aromatic rings. The van der Waals surface area contributed by atoms with Gasteiger partial charge in [0.1, 0.15) is 5.52 Å². The van der Waals surface area contributed by atoms with Crippen molar-refractivity contribution in [2.75, 3.05) is 14.2 Å². The summed E-state index contributed by atoms with van der Waals surface area (Å²) in [6.07, 6.45) is 3.55. The molecule has 0 unspecified atom stereocenters. The zero-order valence-corrected chi connectivity index (χ0v) is 15.1. The first-order valence-electron chi connectivity index (χ1n) is 8.55. The third kappa shape index (κ3) is 3.17. The van der Waals surface area contributed by atoms with Crippen LogP contribution >= 0.6 is 0 Å². The molecule has 0 fully saturated rings. The first-order chi connectivity index (χ1) is 13.2. The molecule has 2 aromatic carbocycles. The van der Waals surface area contributed by atoms with Gasteiger partial charge in [-0.3, -0.25) is 4.79 Å². The second-order valence-corrected chi connectivity index (χ2v) is 6.15. The van der Waals surface area contributed by atoms with Crippen molar-refractivity contribution in [2.24, 2.45) is 0 Å². The van der Waals surface area contributed by atoms with E-state index in [9.17, 15) is 4.79 Å². The van der Waals surface area contributed by atoms with E-state index in [1.165, 1.54) is 0 Å². The van der Waals surface area contributed by atoms with Gasteiger partial charge < -0.3 is 14.0 Å². The molecule has 0 radical (unpaired) electrons. The van der Waals surface area contributed by atoms with Crippen molar-refractivity contribution in [1.82, 2.24) is 14.2 Å². The normalized spacial score (nSPS) is 10.9. The molecule has 27 heavy (non-hydrogen) atoms. The number of benzene rings is 2. The van der Waals surface area contributed by atoms with Crippen LogP contribution in [-0.4, -0.2) is 28.4 Å². The molecule has 0 spiro atoms. The van der Waals surface area contributed by atoms with Crippen LogP contribution in [0.2, 0.25) is 0 Å². The molecule has 0 amide bonds. The predicted molar refractivity (Wildman–Crippen MR) is 104 cm³/mol. The van der Waals surface area contributed by atoms with Crippen molar-refractivity contribution < 1.29 is 9.47 Å². The monoisotopic (exact) mass is 361 g/mol. The van der Waals surface area contributed by atoms with Crippen LogP contribution in [0.15, 0.2) is 71.8 Å². The van der Waals surface area contributed by atoms with Crippen LogP contribution in [0.1, 0.15) is 5.56 Å². The van der Waals surface area contributed by atoms with Gasteiger partial charge in [0, 0.05) is 18.0 Å². The fraction of sp³-hybridized carbons (Fsp3) is 0.143. The van der Waals surface area contributed by atoms with Crippen LogP contribution in [0.3, 0.4) is 0 Å². The number of nitrogens with zero attached hydrogens (tertiary/aromatic N) is 3. The largest absolute Gasteiger partial charge is 0.493 e. The second-order valence-electron chi connectivity index (χ2n) is 6.15. The Kier molecular flexibility index (Phi) is 4.38. The lowest BCUT2D eigenvalue weighted by atomic mass is 10.1. The molecule has 0 aliphatic rings. The molecule has 0 aliphatic carbocycles. The third-order valence-corrected chi connectivity index (χ3v) is 4.48. The molecule has 2 aromatic heterocycles. The number of aromatic nitrogens is 3. The summed E-state index contributed by atoms with van der Waals surface area (Å²) in [5.41, 5.74) is 3.07. The summed E-state index contributed by atoms with van der Waals surface area (Å²) in [7, 11) is 3.19. The Bertz CT molecular complexity index is 1150. The van der Waals surface area contributed by atoms with Gasteiger partial charge in [0.25, 0.3) is 5.56 Å². The van der Waals surface area contributed by atoms with E-state index in [-0.39, 0.29) is 5.56 Å². The average molecular weight is 361 g/mol. The van der Waals surface area contributed by atoms with Gasteiger partial charge in [0.05, 0.1) is 26.5 Å². The fourth-order valence-electron chi connectivity index (χ4n) is 3.07. The van der Waals surface area contributed by atoms with Crippen molar-refractivity contribution in [3.63, 3.8) is 0 Å².